The SMILES string of the molecule is CN1/C(=C\c2nc3ncncc3n2C)Nc2cncnc21. The standard InChI is InChI=1S/C13H12N8/c1-20-9-5-15-6-16-12(9)19-11(20)3-10-18-8-4-14-7-17-13(8)21(10)2/h3-7,18H,1-2H3/b10-3-. The summed E-state index contributed by atoms with van der Waals surface area (Å²) in [5.74, 6) is 2.52. The van der Waals surface area contributed by atoms with Gasteiger partial charge in [0.05, 0.1) is 12.4 Å². The zero-order valence-electron chi connectivity index (χ0n) is 11.5. The lowest BCUT2D eigenvalue weighted by molar-refractivity contribution is 0.924. The zero-order valence-corrected chi connectivity index (χ0v) is 11.5. The van der Waals surface area contributed by atoms with Crippen molar-refractivity contribution in [3.63, 3.8) is 0 Å². The Morgan fingerprint density at radius 3 is 2.71 bits per heavy atom. The van der Waals surface area contributed by atoms with Gasteiger partial charge >= 0.3 is 0 Å². The quantitative estimate of drug-likeness (QED) is 0.712. The molecule has 1 N–H and O–H groups in total. The maximum absolute atomic E-state index is 4.51. The van der Waals surface area contributed by atoms with Gasteiger partial charge in [0.15, 0.2) is 11.5 Å². The highest BCUT2D eigenvalue weighted by Crippen LogP contribution is 2.32. The summed E-state index contributed by atoms with van der Waals surface area (Å²) >= 11 is 0. The number of aromatic nitrogens is 6. The van der Waals surface area contributed by atoms with Gasteiger partial charge in [-0.05, 0) is 0 Å². The van der Waals surface area contributed by atoms with Crippen molar-refractivity contribution in [1.29, 1.82) is 0 Å². The van der Waals surface area contributed by atoms with E-state index < -0.39 is 0 Å². The molecule has 8 nitrogen and oxygen atoms in total. The highest BCUT2D eigenvalue weighted by Gasteiger charge is 2.22. The Kier molecular flexibility index (Phi) is 2.37. The molecule has 0 spiro atoms. The van der Waals surface area contributed by atoms with Crippen LogP contribution in [-0.4, -0.2) is 36.5 Å². The second-order valence-corrected chi connectivity index (χ2v) is 4.73. The molecule has 4 heterocycles. The van der Waals surface area contributed by atoms with Gasteiger partial charge in [-0.2, -0.15) is 0 Å². The normalized spacial score (nSPS) is 15.5. The van der Waals surface area contributed by atoms with Crippen LogP contribution in [0.25, 0.3) is 17.2 Å². The first-order chi connectivity index (χ1) is 10.2. The second-order valence-electron chi connectivity index (χ2n) is 4.73. The van der Waals surface area contributed by atoms with E-state index in [0.29, 0.717) is 5.65 Å². The van der Waals surface area contributed by atoms with Gasteiger partial charge in [0.1, 0.15) is 35.5 Å². The summed E-state index contributed by atoms with van der Waals surface area (Å²) in [5.41, 5.74) is 2.45. The molecule has 0 saturated heterocycles. The van der Waals surface area contributed by atoms with E-state index in [4.69, 9.17) is 0 Å². The van der Waals surface area contributed by atoms with E-state index in [-0.39, 0.29) is 0 Å². The molecule has 8 heteroatoms. The third kappa shape index (κ3) is 1.72. The molecular formula is C13H12N8. The molecule has 21 heavy (non-hydrogen) atoms. The van der Waals surface area contributed by atoms with Gasteiger partial charge in [-0.25, -0.2) is 24.9 Å². The molecule has 0 unspecified atom stereocenters. The Hall–Kier alpha value is -3.03. The fourth-order valence-corrected chi connectivity index (χ4v) is 2.34. The third-order valence-corrected chi connectivity index (χ3v) is 3.50. The zero-order chi connectivity index (χ0) is 14.4. The molecule has 4 rings (SSSR count). The minimum Gasteiger partial charge on any atom is -0.337 e. The highest BCUT2D eigenvalue weighted by atomic mass is 15.3. The van der Waals surface area contributed by atoms with E-state index in [1.54, 1.807) is 12.4 Å². The molecule has 0 bridgehead atoms. The molecule has 3 aromatic rings. The van der Waals surface area contributed by atoms with Crippen LogP contribution in [0.2, 0.25) is 0 Å². The number of fused-ring (bicyclic) bond motifs is 2. The van der Waals surface area contributed by atoms with E-state index in [1.165, 1.54) is 12.7 Å². The van der Waals surface area contributed by atoms with Gasteiger partial charge in [-0.15, -0.1) is 0 Å². The smallest absolute Gasteiger partial charge is 0.181 e. The molecule has 0 aliphatic carbocycles. The second kappa shape index (κ2) is 4.23. The van der Waals surface area contributed by atoms with Crippen LogP contribution < -0.4 is 10.2 Å². The van der Waals surface area contributed by atoms with E-state index in [2.05, 4.69) is 30.2 Å². The number of nitrogens with one attached hydrogen (secondary N) is 1. The molecular weight excluding hydrogens is 268 g/mol. The minimum absolute atomic E-state index is 0.678. The number of rotatable bonds is 1. The summed E-state index contributed by atoms with van der Waals surface area (Å²) in [6.07, 6.45) is 8.48. The topological polar surface area (TPSA) is 84.7 Å². The van der Waals surface area contributed by atoms with Crippen molar-refractivity contribution in [2.45, 2.75) is 0 Å². The monoisotopic (exact) mass is 280 g/mol. The molecule has 104 valence electrons. The molecule has 0 amide bonds. The average molecular weight is 280 g/mol. The van der Waals surface area contributed by atoms with Crippen molar-refractivity contribution >= 4 is 28.7 Å². The molecule has 0 saturated carbocycles. The number of imidazole rings is 1. The molecule has 1 aliphatic heterocycles. The number of aryl methyl sites for hydroxylation is 1. The molecule has 1 aliphatic rings. The van der Waals surface area contributed by atoms with Gasteiger partial charge in [0.25, 0.3) is 0 Å². The van der Waals surface area contributed by atoms with Crippen molar-refractivity contribution in [3.05, 3.63) is 36.7 Å². The van der Waals surface area contributed by atoms with Crippen LogP contribution in [-0.2, 0) is 7.05 Å². The van der Waals surface area contributed by atoms with Crippen molar-refractivity contribution < 1.29 is 0 Å². The highest BCUT2D eigenvalue weighted by molar-refractivity contribution is 5.81. The van der Waals surface area contributed by atoms with Crippen molar-refractivity contribution in [2.75, 3.05) is 17.3 Å². The molecule has 0 fully saturated rings. The number of nitrogens with zero attached hydrogens (tertiary/aromatic N) is 7. The fraction of sp³-hybridized carbons (Fsp3) is 0.154. The lowest BCUT2D eigenvalue weighted by atomic mass is 10.5. The third-order valence-electron chi connectivity index (χ3n) is 3.50. The summed E-state index contributed by atoms with van der Waals surface area (Å²) in [5, 5.41) is 3.28. The summed E-state index contributed by atoms with van der Waals surface area (Å²) in [6.45, 7) is 0. The van der Waals surface area contributed by atoms with Crippen LogP contribution in [0.4, 0.5) is 11.5 Å². The summed E-state index contributed by atoms with van der Waals surface area (Å²) in [6, 6.07) is 0. The average Bonchev–Trinajstić information content (AvgIpc) is 2.99. The Morgan fingerprint density at radius 1 is 1.10 bits per heavy atom. The Labute approximate surface area is 120 Å². The predicted octanol–water partition coefficient (Wildman–Crippen LogP) is 1.01. The number of anilines is 2. The Morgan fingerprint density at radius 2 is 1.90 bits per heavy atom. The maximum atomic E-state index is 4.51. The fourth-order valence-electron chi connectivity index (χ4n) is 2.34. The summed E-state index contributed by atoms with van der Waals surface area (Å²) in [4.78, 5) is 22.9. The lowest BCUT2D eigenvalue weighted by Gasteiger charge is -2.11. The first-order valence-corrected chi connectivity index (χ1v) is 6.39. The Balaban J connectivity index is 1.80. The van der Waals surface area contributed by atoms with Gasteiger partial charge in [-0.3, -0.25) is 0 Å². The van der Waals surface area contributed by atoms with Crippen LogP contribution in [0.5, 0.6) is 0 Å². The maximum Gasteiger partial charge on any atom is 0.181 e. The first-order valence-electron chi connectivity index (χ1n) is 6.39. The number of hydrogen-bond acceptors (Lipinski definition) is 7. The molecule has 3 aromatic heterocycles. The summed E-state index contributed by atoms with van der Waals surface area (Å²) in [7, 11) is 3.88. The Bertz CT molecular complexity index is 865. The van der Waals surface area contributed by atoms with Gasteiger partial charge < -0.3 is 14.8 Å². The largest absolute Gasteiger partial charge is 0.337 e. The van der Waals surface area contributed by atoms with Crippen LogP contribution in [0.15, 0.2) is 30.9 Å². The van der Waals surface area contributed by atoms with Crippen molar-refractivity contribution in [2.24, 2.45) is 7.05 Å². The molecule has 0 atom stereocenters. The van der Waals surface area contributed by atoms with E-state index >= 15 is 0 Å². The predicted molar refractivity (Wildman–Crippen MR) is 78.3 cm³/mol. The van der Waals surface area contributed by atoms with E-state index in [1.807, 2.05) is 29.6 Å². The molecule has 0 aromatic carbocycles. The van der Waals surface area contributed by atoms with Gasteiger partial charge in [0, 0.05) is 20.2 Å². The minimum atomic E-state index is 0.678. The van der Waals surface area contributed by atoms with Crippen LogP contribution in [0, 0.1) is 0 Å². The summed E-state index contributed by atoms with van der Waals surface area (Å²) < 4.78 is 1.95. The van der Waals surface area contributed by atoms with E-state index in [0.717, 1.165) is 28.7 Å². The lowest BCUT2D eigenvalue weighted by Crippen LogP contribution is -2.15. The van der Waals surface area contributed by atoms with Gasteiger partial charge in [-0.1, -0.05) is 0 Å². The van der Waals surface area contributed by atoms with Crippen LogP contribution in [0.1, 0.15) is 5.82 Å². The van der Waals surface area contributed by atoms with Gasteiger partial charge in [0.2, 0.25) is 0 Å². The first kappa shape index (κ1) is 11.8. The van der Waals surface area contributed by atoms with Crippen molar-refractivity contribution in [1.82, 2.24) is 29.5 Å². The number of hydrogen-bond donors (Lipinski definition) is 1. The van der Waals surface area contributed by atoms with Crippen LogP contribution >= 0.6 is 0 Å². The van der Waals surface area contributed by atoms with E-state index in [9.17, 15) is 0 Å². The van der Waals surface area contributed by atoms with Crippen LogP contribution in [0.3, 0.4) is 0 Å². The molecule has 0 radical (unpaired) electrons. The van der Waals surface area contributed by atoms with Crippen molar-refractivity contribution in [3.8, 4) is 0 Å².